The molecule has 0 saturated carbocycles. The molecule has 0 aromatic carbocycles. The summed E-state index contributed by atoms with van der Waals surface area (Å²) < 4.78 is 0. The van der Waals surface area contributed by atoms with Crippen molar-refractivity contribution >= 4 is 15.9 Å². The third-order valence-corrected chi connectivity index (χ3v) is 4.84. The van der Waals surface area contributed by atoms with Crippen LogP contribution in [0.25, 0.3) is 0 Å². The first-order valence-corrected chi connectivity index (χ1v) is 8.69. The van der Waals surface area contributed by atoms with Gasteiger partial charge in [-0.3, -0.25) is 0 Å². The minimum Gasteiger partial charge on any atom is -0.395 e. The third-order valence-electron chi connectivity index (χ3n) is 3.65. The lowest BCUT2D eigenvalue weighted by Crippen LogP contribution is -2.41. The van der Waals surface area contributed by atoms with Crippen LogP contribution in [-0.4, -0.2) is 41.6 Å². The van der Waals surface area contributed by atoms with Crippen LogP contribution in [-0.2, 0) is 0 Å². The molecule has 3 heteroatoms. The molecule has 0 radical (unpaired) electrons. The van der Waals surface area contributed by atoms with Crippen LogP contribution >= 0.6 is 15.9 Å². The van der Waals surface area contributed by atoms with Crippen molar-refractivity contribution in [1.82, 2.24) is 4.90 Å². The van der Waals surface area contributed by atoms with Crippen LogP contribution in [0.2, 0.25) is 0 Å². The van der Waals surface area contributed by atoms with Gasteiger partial charge in [-0.2, -0.15) is 0 Å². The molecular weight excluding hydrogens is 290 g/mol. The highest BCUT2D eigenvalue weighted by atomic mass is 79.9. The zero-order valence-electron chi connectivity index (χ0n) is 12.6. The number of unbranched alkanes of at least 4 members (excludes halogenated alkanes) is 1. The molecule has 18 heavy (non-hydrogen) atoms. The fraction of sp³-hybridized carbons (Fsp3) is 1.00. The van der Waals surface area contributed by atoms with Gasteiger partial charge in [0.05, 0.1) is 6.61 Å². The molecule has 0 aromatic rings. The molecule has 0 fully saturated rings. The van der Waals surface area contributed by atoms with Crippen LogP contribution in [0.15, 0.2) is 0 Å². The monoisotopic (exact) mass is 321 g/mol. The van der Waals surface area contributed by atoms with Gasteiger partial charge in [0.1, 0.15) is 0 Å². The summed E-state index contributed by atoms with van der Waals surface area (Å²) in [5.41, 5.74) is 0.395. The number of hydrogen-bond acceptors (Lipinski definition) is 2. The van der Waals surface area contributed by atoms with Gasteiger partial charge in [0, 0.05) is 18.4 Å². The van der Waals surface area contributed by atoms with E-state index in [4.69, 9.17) is 0 Å². The minimum absolute atomic E-state index is 0.278. The molecule has 2 nitrogen and oxygen atoms in total. The summed E-state index contributed by atoms with van der Waals surface area (Å²) in [7, 11) is 0. The smallest absolute Gasteiger partial charge is 0.0558 e. The molecule has 0 aromatic heterocycles. The summed E-state index contributed by atoms with van der Waals surface area (Å²) in [5.74, 6) is 0. The topological polar surface area (TPSA) is 23.5 Å². The van der Waals surface area contributed by atoms with E-state index in [0.29, 0.717) is 5.41 Å². The van der Waals surface area contributed by atoms with E-state index >= 15 is 0 Å². The standard InChI is InChI=1S/C15H32BrNO/c1-4-7-10-17(11-12-18)14-15(13-16,8-5-2)9-6-3/h18H,4-14H2,1-3H3. The Bertz CT molecular complexity index is 181. The molecule has 0 aliphatic carbocycles. The van der Waals surface area contributed by atoms with Gasteiger partial charge in [-0.15, -0.1) is 0 Å². The SMILES string of the molecule is CCCCN(CCO)CC(CBr)(CCC)CCC. The Labute approximate surface area is 122 Å². The summed E-state index contributed by atoms with van der Waals surface area (Å²) in [5, 5.41) is 10.3. The number of rotatable bonds is 12. The van der Waals surface area contributed by atoms with E-state index in [1.165, 1.54) is 38.5 Å². The van der Waals surface area contributed by atoms with E-state index in [1.807, 2.05) is 0 Å². The van der Waals surface area contributed by atoms with Gasteiger partial charge >= 0.3 is 0 Å². The number of aliphatic hydroxyl groups excluding tert-OH is 1. The van der Waals surface area contributed by atoms with Crippen LogP contribution in [0.3, 0.4) is 0 Å². The highest BCUT2D eigenvalue weighted by Gasteiger charge is 2.29. The van der Waals surface area contributed by atoms with Crippen molar-refractivity contribution in [2.45, 2.75) is 59.3 Å². The maximum Gasteiger partial charge on any atom is 0.0558 e. The molecule has 1 N–H and O–H groups in total. The van der Waals surface area contributed by atoms with Crippen LogP contribution in [0.4, 0.5) is 0 Å². The molecule has 0 unspecified atom stereocenters. The Morgan fingerprint density at radius 2 is 1.61 bits per heavy atom. The van der Waals surface area contributed by atoms with Crippen LogP contribution in [0.5, 0.6) is 0 Å². The van der Waals surface area contributed by atoms with Crippen molar-refractivity contribution in [1.29, 1.82) is 0 Å². The Morgan fingerprint density at radius 1 is 1.00 bits per heavy atom. The second-order valence-corrected chi connectivity index (χ2v) is 6.05. The minimum atomic E-state index is 0.278. The van der Waals surface area contributed by atoms with E-state index in [0.717, 1.165) is 25.0 Å². The van der Waals surface area contributed by atoms with Gasteiger partial charge in [-0.25, -0.2) is 0 Å². The van der Waals surface area contributed by atoms with Gasteiger partial charge in [-0.05, 0) is 31.2 Å². The lowest BCUT2D eigenvalue weighted by molar-refractivity contribution is 0.122. The molecule has 0 bridgehead atoms. The lowest BCUT2D eigenvalue weighted by atomic mass is 9.80. The molecule has 0 spiro atoms. The highest BCUT2D eigenvalue weighted by molar-refractivity contribution is 9.09. The van der Waals surface area contributed by atoms with Crippen molar-refractivity contribution in [2.24, 2.45) is 5.41 Å². The summed E-state index contributed by atoms with van der Waals surface area (Å²) in [6.07, 6.45) is 7.50. The van der Waals surface area contributed by atoms with Crippen molar-refractivity contribution in [2.75, 3.05) is 31.6 Å². The van der Waals surface area contributed by atoms with E-state index in [2.05, 4.69) is 41.6 Å². The van der Waals surface area contributed by atoms with Gasteiger partial charge < -0.3 is 10.0 Å². The number of nitrogens with zero attached hydrogens (tertiary/aromatic N) is 1. The second kappa shape index (κ2) is 11.2. The van der Waals surface area contributed by atoms with Crippen molar-refractivity contribution < 1.29 is 5.11 Å². The fourth-order valence-electron chi connectivity index (χ4n) is 2.79. The van der Waals surface area contributed by atoms with E-state index in [-0.39, 0.29) is 6.61 Å². The van der Waals surface area contributed by atoms with Gasteiger partial charge in [0.2, 0.25) is 0 Å². The van der Waals surface area contributed by atoms with Crippen LogP contribution in [0.1, 0.15) is 59.3 Å². The normalized spacial score (nSPS) is 12.3. The number of alkyl halides is 1. The molecule has 0 rings (SSSR count). The molecule has 0 amide bonds. The molecule has 0 atom stereocenters. The maximum absolute atomic E-state index is 9.21. The van der Waals surface area contributed by atoms with E-state index < -0.39 is 0 Å². The summed E-state index contributed by atoms with van der Waals surface area (Å²) in [6.45, 7) is 10.1. The summed E-state index contributed by atoms with van der Waals surface area (Å²) >= 11 is 3.73. The maximum atomic E-state index is 9.21. The number of aliphatic hydroxyl groups is 1. The Balaban J connectivity index is 4.54. The molecule has 0 heterocycles. The average Bonchev–Trinajstić information content (AvgIpc) is 2.36. The molecular formula is C15H32BrNO. The van der Waals surface area contributed by atoms with Crippen LogP contribution < -0.4 is 0 Å². The predicted molar refractivity (Wildman–Crippen MR) is 84.5 cm³/mol. The third kappa shape index (κ3) is 7.10. The average molecular weight is 322 g/mol. The highest BCUT2D eigenvalue weighted by Crippen LogP contribution is 2.33. The first kappa shape index (κ1) is 18.4. The Hall–Kier alpha value is 0.400. The Kier molecular flexibility index (Phi) is 11.5. The van der Waals surface area contributed by atoms with Crippen molar-refractivity contribution in [3.63, 3.8) is 0 Å². The summed E-state index contributed by atoms with van der Waals surface area (Å²) in [6, 6.07) is 0. The van der Waals surface area contributed by atoms with Gasteiger partial charge in [0.15, 0.2) is 0 Å². The van der Waals surface area contributed by atoms with E-state index in [9.17, 15) is 5.11 Å². The quantitative estimate of drug-likeness (QED) is 0.548. The molecule has 0 saturated heterocycles. The first-order valence-electron chi connectivity index (χ1n) is 7.57. The fourth-order valence-corrected chi connectivity index (χ4v) is 3.53. The van der Waals surface area contributed by atoms with Crippen molar-refractivity contribution in [3.8, 4) is 0 Å². The zero-order chi connectivity index (χ0) is 13.9. The largest absolute Gasteiger partial charge is 0.395 e. The van der Waals surface area contributed by atoms with Gasteiger partial charge in [-0.1, -0.05) is 56.0 Å². The zero-order valence-corrected chi connectivity index (χ0v) is 14.1. The van der Waals surface area contributed by atoms with Crippen molar-refractivity contribution in [3.05, 3.63) is 0 Å². The number of halogens is 1. The molecule has 0 aliphatic rings. The molecule has 110 valence electrons. The van der Waals surface area contributed by atoms with E-state index in [1.54, 1.807) is 0 Å². The molecule has 0 aliphatic heterocycles. The summed E-state index contributed by atoms with van der Waals surface area (Å²) in [4.78, 5) is 2.45. The van der Waals surface area contributed by atoms with Crippen LogP contribution in [0, 0.1) is 5.41 Å². The Morgan fingerprint density at radius 3 is 2.00 bits per heavy atom. The second-order valence-electron chi connectivity index (χ2n) is 5.49. The number of hydrogen-bond donors (Lipinski definition) is 1. The first-order chi connectivity index (χ1) is 8.67. The lowest BCUT2D eigenvalue weighted by Gasteiger charge is -2.37. The van der Waals surface area contributed by atoms with Gasteiger partial charge in [0.25, 0.3) is 0 Å². The predicted octanol–water partition coefficient (Wildman–Crippen LogP) is 4.06.